The lowest BCUT2D eigenvalue weighted by molar-refractivity contribution is -0.156. The minimum Gasteiger partial charge on any atom is -0.497 e. The summed E-state index contributed by atoms with van der Waals surface area (Å²) in [6.07, 6.45) is 0. The monoisotopic (exact) mass is 347 g/mol. The van der Waals surface area contributed by atoms with Crippen LogP contribution in [0.5, 0.6) is 5.75 Å². The number of methoxy groups -OCH3 is 1. The van der Waals surface area contributed by atoms with Crippen molar-refractivity contribution in [2.75, 3.05) is 13.7 Å². The van der Waals surface area contributed by atoms with Gasteiger partial charge < -0.3 is 20.3 Å². The maximum atomic E-state index is 10.9. The van der Waals surface area contributed by atoms with E-state index >= 15 is 0 Å². The Labute approximate surface area is 145 Å². The van der Waals surface area contributed by atoms with Crippen LogP contribution < -0.4 is 10.1 Å². The van der Waals surface area contributed by atoms with Crippen molar-refractivity contribution < 1.29 is 19.7 Å². The molecule has 0 bridgehead atoms. The van der Waals surface area contributed by atoms with Crippen LogP contribution >= 0.6 is 11.8 Å². The number of hydrogen-bond acceptors (Lipinski definition) is 5. The lowest BCUT2D eigenvalue weighted by Gasteiger charge is -2.19. The fourth-order valence-corrected chi connectivity index (χ4v) is 3.05. The Morgan fingerprint density at radius 1 is 1.25 bits per heavy atom. The predicted molar refractivity (Wildman–Crippen MR) is 93.5 cm³/mol. The summed E-state index contributed by atoms with van der Waals surface area (Å²) in [7, 11) is 1.63. The third-order valence-corrected chi connectivity index (χ3v) is 4.59. The van der Waals surface area contributed by atoms with Gasteiger partial charge in [0.25, 0.3) is 0 Å². The molecular formula is C18H21NO4S. The van der Waals surface area contributed by atoms with E-state index in [0.717, 1.165) is 21.1 Å². The first-order valence-electron chi connectivity index (χ1n) is 7.48. The molecule has 6 heteroatoms. The first-order chi connectivity index (χ1) is 11.4. The van der Waals surface area contributed by atoms with Gasteiger partial charge in [-0.05, 0) is 36.8 Å². The number of aliphatic hydroxyl groups is 1. The molecule has 0 saturated carbocycles. The largest absolute Gasteiger partial charge is 0.497 e. The van der Waals surface area contributed by atoms with E-state index in [-0.39, 0.29) is 6.54 Å². The van der Waals surface area contributed by atoms with E-state index in [9.17, 15) is 9.90 Å². The lowest BCUT2D eigenvalue weighted by Crippen LogP contribution is -2.44. The zero-order valence-corrected chi connectivity index (χ0v) is 14.5. The number of rotatable bonds is 8. The molecule has 0 spiro atoms. The van der Waals surface area contributed by atoms with Crippen molar-refractivity contribution in [3.05, 3.63) is 54.1 Å². The van der Waals surface area contributed by atoms with Gasteiger partial charge in [-0.3, -0.25) is 0 Å². The second kappa shape index (κ2) is 8.19. The minimum absolute atomic E-state index is 0.0273. The van der Waals surface area contributed by atoms with Crippen molar-refractivity contribution in [1.82, 2.24) is 5.32 Å². The van der Waals surface area contributed by atoms with Crippen LogP contribution in [0.2, 0.25) is 0 Å². The number of ether oxygens (including phenoxy) is 1. The number of hydrogen-bond donors (Lipinski definition) is 3. The van der Waals surface area contributed by atoms with Gasteiger partial charge in [0.1, 0.15) is 5.75 Å². The first-order valence-corrected chi connectivity index (χ1v) is 8.30. The molecule has 3 N–H and O–H groups in total. The highest BCUT2D eigenvalue weighted by molar-refractivity contribution is 7.99. The molecule has 0 fully saturated rings. The van der Waals surface area contributed by atoms with Gasteiger partial charge in [0.15, 0.2) is 5.60 Å². The number of carbonyl (C=O) groups is 1. The molecule has 128 valence electrons. The van der Waals surface area contributed by atoms with Crippen molar-refractivity contribution in [3.8, 4) is 5.75 Å². The summed E-state index contributed by atoms with van der Waals surface area (Å²) in [4.78, 5) is 13.0. The Balaban J connectivity index is 2.06. The summed E-state index contributed by atoms with van der Waals surface area (Å²) < 4.78 is 5.24. The van der Waals surface area contributed by atoms with E-state index in [1.54, 1.807) is 18.9 Å². The number of benzene rings is 2. The average Bonchev–Trinajstić information content (AvgIpc) is 2.56. The van der Waals surface area contributed by atoms with Crippen molar-refractivity contribution in [3.63, 3.8) is 0 Å². The standard InChI is InChI=1S/C18H21NO4S/c1-18(22,17(20)21)12-19-11-13-6-3-4-9-16(13)24-15-8-5-7-14(10-15)23-2/h3-10,19,22H,11-12H2,1-2H3,(H,20,21). The number of aliphatic carboxylic acids is 1. The maximum absolute atomic E-state index is 10.9. The third kappa shape index (κ3) is 4.99. The predicted octanol–water partition coefficient (Wildman–Crippen LogP) is 2.77. The van der Waals surface area contributed by atoms with Crippen LogP contribution in [0.1, 0.15) is 12.5 Å². The van der Waals surface area contributed by atoms with E-state index < -0.39 is 11.6 Å². The number of carboxylic acid groups (broad SMARTS) is 1. The van der Waals surface area contributed by atoms with Gasteiger partial charge in [0, 0.05) is 22.9 Å². The SMILES string of the molecule is COc1cccc(Sc2ccccc2CNCC(C)(O)C(=O)O)c1. The molecule has 1 atom stereocenters. The summed E-state index contributed by atoms with van der Waals surface area (Å²) in [5.41, 5.74) is -0.749. The van der Waals surface area contributed by atoms with Crippen LogP contribution in [0.4, 0.5) is 0 Å². The van der Waals surface area contributed by atoms with Gasteiger partial charge in [-0.1, -0.05) is 36.0 Å². The van der Waals surface area contributed by atoms with Crippen LogP contribution in [0, 0.1) is 0 Å². The summed E-state index contributed by atoms with van der Waals surface area (Å²) in [6, 6.07) is 15.7. The fourth-order valence-electron chi connectivity index (χ4n) is 2.06. The first kappa shape index (κ1) is 18.3. The normalized spacial score (nSPS) is 13.3. The zero-order valence-electron chi connectivity index (χ0n) is 13.7. The van der Waals surface area contributed by atoms with Crippen molar-refractivity contribution in [2.45, 2.75) is 28.9 Å². The highest BCUT2D eigenvalue weighted by Crippen LogP contribution is 2.32. The molecule has 0 amide bonds. The summed E-state index contributed by atoms with van der Waals surface area (Å²) in [5.74, 6) is -0.442. The summed E-state index contributed by atoms with van der Waals surface area (Å²) in [6.45, 7) is 1.72. The highest BCUT2D eigenvalue weighted by atomic mass is 32.2. The zero-order chi connectivity index (χ0) is 17.6. The molecule has 0 aliphatic rings. The van der Waals surface area contributed by atoms with Crippen LogP contribution in [-0.4, -0.2) is 35.4 Å². The summed E-state index contributed by atoms with van der Waals surface area (Å²) >= 11 is 1.61. The molecule has 0 radical (unpaired) electrons. The minimum atomic E-state index is -1.78. The third-order valence-electron chi connectivity index (χ3n) is 3.49. The Hall–Kier alpha value is -2.02. The van der Waals surface area contributed by atoms with E-state index in [1.165, 1.54) is 6.92 Å². The van der Waals surface area contributed by atoms with Gasteiger partial charge in [0.2, 0.25) is 0 Å². The molecule has 2 aromatic rings. The Bertz CT molecular complexity index is 703. The fraction of sp³-hybridized carbons (Fsp3) is 0.278. The van der Waals surface area contributed by atoms with E-state index in [2.05, 4.69) is 5.32 Å². The molecule has 0 saturated heterocycles. The van der Waals surface area contributed by atoms with E-state index in [1.807, 2.05) is 48.5 Å². The highest BCUT2D eigenvalue weighted by Gasteiger charge is 2.29. The van der Waals surface area contributed by atoms with Gasteiger partial charge in [-0.15, -0.1) is 0 Å². The van der Waals surface area contributed by atoms with Crippen LogP contribution in [0.25, 0.3) is 0 Å². The maximum Gasteiger partial charge on any atom is 0.336 e. The molecular weight excluding hydrogens is 326 g/mol. The second-order valence-electron chi connectivity index (χ2n) is 5.57. The van der Waals surface area contributed by atoms with Crippen molar-refractivity contribution in [2.24, 2.45) is 0 Å². The molecule has 0 aliphatic carbocycles. The van der Waals surface area contributed by atoms with Crippen molar-refractivity contribution in [1.29, 1.82) is 0 Å². The lowest BCUT2D eigenvalue weighted by atomic mass is 10.1. The molecule has 24 heavy (non-hydrogen) atoms. The molecule has 5 nitrogen and oxygen atoms in total. The van der Waals surface area contributed by atoms with E-state index in [4.69, 9.17) is 9.84 Å². The smallest absolute Gasteiger partial charge is 0.336 e. The number of carboxylic acids is 1. The number of nitrogens with one attached hydrogen (secondary N) is 1. The van der Waals surface area contributed by atoms with Gasteiger partial charge >= 0.3 is 5.97 Å². The Kier molecular flexibility index (Phi) is 6.25. The second-order valence-corrected chi connectivity index (χ2v) is 6.69. The molecule has 2 aromatic carbocycles. The Morgan fingerprint density at radius 2 is 2.00 bits per heavy atom. The molecule has 1 unspecified atom stereocenters. The van der Waals surface area contributed by atoms with E-state index in [0.29, 0.717) is 6.54 Å². The quantitative estimate of drug-likeness (QED) is 0.681. The topological polar surface area (TPSA) is 78.8 Å². The van der Waals surface area contributed by atoms with Crippen LogP contribution in [-0.2, 0) is 11.3 Å². The molecule has 0 aromatic heterocycles. The van der Waals surface area contributed by atoms with Crippen molar-refractivity contribution >= 4 is 17.7 Å². The molecule has 0 heterocycles. The van der Waals surface area contributed by atoms with Gasteiger partial charge in [-0.2, -0.15) is 0 Å². The van der Waals surface area contributed by atoms with Crippen LogP contribution in [0.15, 0.2) is 58.3 Å². The van der Waals surface area contributed by atoms with Gasteiger partial charge in [-0.25, -0.2) is 4.79 Å². The summed E-state index contributed by atoms with van der Waals surface area (Å²) in [5, 5.41) is 21.7. The van der Waals surface area contributed by atoms with Crippen LogP contribution in [0.3, 0.4) is 0 Å². The Morgan fingerprint density at radius 3 is 2.71 bits per heavy atom. The molecule has 2 rings (SSSR count). The van der Waals surface area contributed by atoms with Gasteiger partial charge in [0.05, 0.1) is 7.11 Å². The molecule has 0 aliphatic heterocycles. The average molecular weight is 347 g/mol.